The summed E-state index contributed by atoms with van der Waals surface area (Å²) in [6, 6.07) is 8.50. The van der Waals surface area contributed by atoms with Crippen molar-refractivity contribution < 1.29 is 4.74 Å². The molecule has 0 saturated carbocycles. The SMILES string of the molecule is C=CCCOCc1ccccc1CCNCC. The van der Waals surface area contributed by atoms with Gasteiger partial charge in [-0.15, -0.1) is 6.58 Å². The first-order chi connectivity index (χ1) is 8.38. The lowest BCUT2D eigenvalue weighted by atomic mass is 10.1. The molecular weight excluding hydrogens is 210 g/mol. The van der Waals surface area contributed by atoms with E-state index in [2.05, 4.69) is 43.1 Å². The standard InChI is InChI=1S/C15H23NO/c1-3-5-12-17-13-15-9-7-6-8-14(15)10-11-16-4-2/h3,6-9,16H,1,4-5,10-13H2,2H3. The van der Waals surface area contributed by atoms with Crippen LogP contribution in [0.1, 0.15) is 24.5 Å². The average molecular weight is 233 g/mol. The number of nitrogens with one attached hydrogen (secondary N) is 1. The maximum absolute atomic E-state index is 5.62. The maximum Gasteiger partial charge on any atom is 0.0719 e. The molecule has 0 aromatic heterocycles. The Bertz CT molecular complexity index is 322. The second-order valence-corrected chi connectivity index (χ2v) is 4.00. The second-order valence-electron chi connectivity index (χ2n) is 4.00. The maximum atomic E-state index is 5.62. The van der Waals surface area contributed by atoms with Crippen LogP contribution in [0, 0.1) is 0 Å². The molecule has 0 saturated heterocycles. The molecule has 2 heteroatoms. The molecule has 1 N–H and O–H groups in total. The Hall–Kier alpha value is -1.12. The largest absolute Gasteiger partial charge is 0.376 e. The third kappa shape index (κ3) is 5.66. The fourth-order valence-electron chi connectivity index (χ4n) is 1.69. The van der Waals surface area contributed by atoms with Crippen molar-refractivity contribution >= 4 is 0 Å². The molecule has 0 unspecified atom stereocenters. The first-order valence-electron chi connectivity index (χ1n) is 6.34. The predicted octanol–water partition coefficient (Wildman–Crippen LogP) is 2.93. The van der Waals surface area contributed by atoms with Gasteiger partial charge in [-0.2, -0.15) is 0 Å². The molecule has 0 bridgehead atoms. The van der Waals surface area contributed by atoms with Crippen molar-refractivity contribution in [2.24, 2.45) is 0 Å². The number of benzene rings is 1. The molecular formula is C15H23NO. The van der Waals surface area contributed by atoms with Gasteiger partial charge in [0, 0.05) is 0 Å². The third-order valence-corrected chi connectivity index (χ3v) is 2.66. The van der Waals surface area contributed by atoms with Crippen LogP contribution in [0.15, 0.2) is 36.9 Å². The van der Waals surface area contributed by atoms with Gasteiger partial charge in [0.2, 0.25) is 0 Å². The van der Waals surface area contributed by atoms with Crippen LogP contribution >= 0.6 is 0 Å². The van der Waals surface area contributed by atoms with Crippen molar-refractivity contribution in [1.82, 2.24) is 5.32 Å². The molecule has 0 atom stereocenters. The fraction of sp³-hybridized carbons (Fsp3) is 0.467. The van der Waals surface area contributed by atoms with Crippen LogP contribution in [0.25, 0.3) is 0 Å². The van der Waals surface area contributed by atoms with Gasteiger partial charge in [-0.05, 0) is 37.1 Å². The second kappa shape index (κ2) is 8.97. The molecule has 0 fully saturated rings. The van der Waals surface area contributed by atoms with Gasteiger partial charge in [0.05, 0.1) is 13.2 Å². The monoisotopic (exact) mass is 233 g/mol. The molecule has 0 spiro atoms. The number of rotatable bonds is 9. The lowest BCUT2D eigenvalue weighted by Crippen LogP contribution is -2.16. The van der Waals surface area contributed by atoms with Crippen molar-refractivity contribution in [3.8, 4) is 0 Å². The van der Waals surface area contributed by atoms with Crippen LogP contribution in [0.4, 0.5) is 0 Å². The topological polar surface area (TPSA) is 21.3 Å². The first-order valence-corrected chi connectivity index (χ1v) is 6.34. The molecule has 0 aliphatic rings. The van der Waals surface area contributed by atoms with E-state index in [1.165, 1.54) is 11.1 Å². The van der Waals surface area contributed by atoms with Crippen molar-refractivity contribution in [1.29, 1.82) is 0 Å². The van der Waals surface area contributed by atoms with Crippen molar-refractivity contribution in [2.75, 3.05) is 19.7 Å². The van der Waals surface area contributed by atoms with Gasteiger partial charge in [-0.1, -0.05) is 37.3 Å². The van der Waals surface area contributed by atoms with E-state index in [1.54, 1.807) is 0 Å². The molecule has 2 nitrogen and oxygen atoms in total. The number of ether oxygens (including phenoxy) is 1. The van der Waals surface area contributed by atoms with E-state index >= 15 is 0 Å². The molecule has 0 aliphatic heterocycles. The smallest absolute Gasteiger partial charge is 0.0719 e. The molecule has 0 amide bonds. The molecule has 94 valence electrons. The Morgan fingerprint density at radius 1 is 1.29 bits per heavy atom. The minimum atomic E-state index is 0.705. The molecule has 0 heterocycles. The van der Waals surface area contributed by atoms with Gasteiger partial charge in [-0.25, -0.2) is 0 Å². The van der Waals surface area contributed by atoms with E-state index in [1.807, 2.05) is 6.08 Å². The highest BCUT2D eigenvalue weighted by Crippen LogP contribution is 2.10. The van der Waals surface area contributed by atoms with Gasteiger partial charge in [0.15, 0.2) is 0 Å². The van der Waals surface area contributed by atoms with Crippen LogP contribution in [0.2, 0.25) is 0 Å². The van der Waals surface area contributed by atoms with Crippen LogP contribution < -0.4 is 5.32 Å². The summed E-state index contributed by atoms with van der Waals surface area (Å²) in [4.78, 5) is 0. The average Bonchev–Trinajstić information content (AvgIpc) is 2.36. The summed E-state index contributed by atoms with van der Waals surface area (Å²) in [6.45, 7) is 9.33. The summed E-state index contributed by atoms with van der Waals surface area (Å²) in [6.07, 6.45) is 3.87. The van der Waals surface area contributed by atoms with Crippen LogP contribution in [0.3, 0.4) is 0 Å². The van der Waals surface area contributed by atoms with E-state index in [0.29, 0.717) is 6.61 Å². The van der Waals surface area contributed by atoms with Crippen molar-refractivity contribution in [3.05, 3.63) is 48.0 Å². The minimum absolute atomic E-state index is 0.705. The zero-order chi connectivity index (χ0) is 12.3. The molecule has 0 radical (unpaired) electrons. The quantitative estimate of drug-likeness (QED) is 0.523. The third-order valence-electron chi connectivity index (χ3n) is 2.66. The summed E-state index contributed by atoms with van der Waals surface area (Å²) in [5, 5.41) is 3.35. The highest BCUT2D eigenvalue weighted by atomic mass is 16.5. The van der Waals surface area contributed by atoms with Crippen LogP contribution in [-0.2, 0) is 17.8 Å². The predicted molar refractivity (Wildman–Crippen MR) is 73.2 cm³/mol. The van der Waals surface area contributed by atoms with Gasteiger partial charge in [-0.3, -0.25) is 0 Å². The summed E-state index contributed by atoms with van der Waals surface area (Å²) in [5.41, 5.74) is 2.68. The van der Waals surface area contributed by atoms with E-state index < -0.39 is 0 Å². The Balaban J connectivity index is 2.42. The zero-order valence-corrected chi connectivity index (χ0v) is 10.7. The van der Waals surface area contributed by atoms with Gasteiger partial charge < -0.3 is 10.1 Å². The van der Waals surface area contributed by atoms with Crippen molar-refractivity contribution in [3.63, 3.8) is 0 Å². The van der Waals surface area contributed by atoms with E-state index in [-0.39, 0.29) is 0 Å². The first kappa shape index (κ1) is 13.9. The molecule has 17 heavy (non-hydrogen) atoms. The van der Waals surface area contributed by atoms with Crippen LogP contribution in [0.5, 0.6) is 0 Å². The molecule has 1 rings (SSSR count). The lowest BCUT2D eigenvalue weighted by Gasteiger charge is -2.10. The summed E-state index contributed by atoms with van der Waals surface area (Å²) in [7, 11) is 0. The normalized spacial score (nSPS) is 10.4. The minimum Gasteiger partial charge on any atom is -0.376 e. The Kier molecular flexibility index (Phi) is 7.35. The number of likely N-dealkylation sites (N-methyl/N-ethyl adjacent to an activating group) is 1. The number of hydrogen-bond donors (Lipinski definition) is 1. The van der Waals surface area contributed by atoms with Gasteiger partial charge in [0.25, 0.3) is 0 Å². The lowest BCUT2D eigenvalue weighted by molar-refractivity contribution is 0.125. The number of hydrogen-bond acceptors (Lipinski definition) is 2. The zero-order valence-electron chi connectivity index (χ0n) is 10.7. The highest BCUT2D eigenvalue weighted by molar-refractivity contribution is 5.26. The molecule has 1 aromatic carbocycles. The molecule has 1 aromatic rings. The van der Waals surface area contributed by atoms with Crippen LogP contribution in [-0.4, -0.2) is 19.7 Å². The summed E-state index contributed by atoms with van der Waals surface area (Å²) < 4.78 is 5.62. The van der Waals surface area contributed by atoms with Gasteiger partial charge in [0.1, 0.15) is 0 Å². The Labute approximate surface area is 105 Å². The Morgan fingerprint density at radius 2 is 2.06 bits per heavy atom. The van der Waals surface area contributed by atoms with E-state index in [0.717, 1.165) is 32.5 Å². The summed E-state index contributed by atoms with van der Waals surface area (Å²) >= 11 is 0. The van der Waals surface area contributed by atoms with Gasteiger partial charge >= 0.3 is 0 Å². The fourth-order valence-corrected chi connectivity index (χ4v) is 1.69. The summed E-state index contributed by atoms with van der Waals surface area (Å²) in [5.74, 6) is 0. The van der Waals surface area contributed by atoms with E-state index in [4.69, 9.17) is 4.74 Å². The van der Waals surface area contributed by atoms with E-state index in [9.17, 15) is 0 Å². The van der Waals surface area contributed by atoms with Crippen molar-refractivity contribution in [2.45, 2.75) is 26.4 Å². The highest BCUT2D eigenvalue weighted by Gasteiger charge is 2.01. The molecule has 0 aliphatic carbocycles. The Morgan fingerprint density at radius 3 is 2.76 bits per heavy atom.